The number of rotatable bonds is 7. The Labute approximate surface area is 212 Å². The van der Waals surface area contributed by atoms with Crippen LogP contribution < -0.4 is 26.6 Å². The third-order valence-corrected chi connectivity index (χ3v) is 7.27. The number of allylic oxidation sites excluding steroid dienone is 1. The molecule has 0 unspecified atom stereocenters. The fourth-order valence-corrected chi connectivity index (χ4v) is 5.27. The minimum atomic E-state index is -0.468. The monoisotopic (exact) mass is 477 g/mol. The van der Waals surface area contributed by atoms with Gasteiger partial charge in [-0.1, -0.05) is 43.0 Å². The number of nitrogen functional groups attached to an aromatic ring is 1. The molecule has 36 heavy (non-hydrogen) atoms. The summed E-state index contributed by atoms with van der Waals surface area (Å²) in [5.74, 6) is 0.984. The van der Waals surface area contributed by atoms with Crippen molar-refractivity contribution in [3.63, 3.8) is 0 Å². The summed E-state index contributed by atoms with van der Waals surface area (Å²) in [6, 6.07) is 19.6. The van der Waals surface area contributed by atoms with Gasteiger partial charge in [-0.15, -0.1) is 0 Å². The fourth-order valence-electron chi connectivity index (χ4n) is 5.27. The van der Waals surface area contributed by atoms with Crippen LogP contribution in [0.1, 0.15) is 36.0 Å². The molecule has 1 amide bonds. The van der Waals surface area contributed by atoms with Crippen molar-refractivity contribution < 1.29 is 9.53 Å². The number of carbonyl (C=O) groups excluding carboxylic acids is 1. The highest BCUT2D eigenvalue weighted by Crippen LogP contribution is 2.53. The molecule has 5 rings (SSSR count). The van der Waals surface area contributed by atoms with E-state index in [9.17, 15) is 4.79 Å². The molecule has 181 valence electrons. The molecule has 0 atom stereocenters. The zero-order valence-corrected chi connectivity index (χ0v) is 20.7. The molecule has 6 nitrogen and oxygen atoms in total. The van der Waals surface area contributed by atoms with Crippen LogP contribution in [-0.2, 0) is 16.8 Å². The summed E-state index contributed by atoms with van der Waals surface area (Å²) in [6.45, 7) is 2.53. The van der Waals surface area contributed by atoms with E-state index in [1.807, 2.05) is 60.3 Å². The van der Waals surface area contributed by atoms with E-state index in [2.05, 4.69) is 19.4 Å². The molecule has 0 saturated heterocycles. The molecule has 1 radical (unpaired) electrons. The van der Waals surface area contributed by atoms with Crippen LogP contribution in [0.3, 0.4) is 0 Å². The van der Waals surface area contributed by atoms with Gasteiger partial charge in [0, 0.05) is 16.9 Å². The largest absolute Gasteiger partial charge is 0.497 e. The van der Waals surface area contributed by atoms with Crippen molar-refractivity contribution in [1.29, 1.82) is 0 Å². The number of anilines is 2. The number of nitrogens with zero attached hydrogens (tertiary/aromatic N) is 2. The number of ether oxygens (including phenoxy) is 1. The Morgan fingerprint density at radius 3 is 2.56 bits per heavy atom. The van der Waals surface area contributed by atoms with E-state index in [4.69, 9.17) is 21.2 Å². The van der Waals surface area contributed by atoms with Crippen molar-refractivity contribution in [3.8, 4) is 5.75 Å². The molecule has 1 heterocycles. The highest BCUT2D eigenvalue weighted by Gasteiger charge is 2.55. The Morgan fingerprint density at radius 1 is 1.17 bits per heavy atom. The molecule has 2 aliphatic rings. The van der Waals surface area contributed by atoms with Crippen LogP contribution in [0.2, 0.25) is 6.82 Å². The standard InChI is InChI=1S/C29H30BN4O2/c1-30-25-16-20(26(11-14-31)33-22-6-3-5-21(32)17-22)15-24-27(25)34(28(35)29(24)12-4-13-29)18-19-7-9-23(36-2)10-8-19/h3,5-11,14-17H,4,12-13,18,31-32H2,1-2H3. The molecule has 1 saturated carbocycles. The lowest BCUT2D eigenvalue weighted by Gasteiger charge is -2.37. The number of carbonyl (C=O) groups is 1. The summed E-state index contributed by atoms with van der Waals surface area (Å²) in [7, 11) is 3.72. The lowest BCUT2D eigenvalue weighted by molar-refractivity contribution is -0.126. The van der Waals surface area contributed by atoms with E-state index >= 15 is 0 Å². The Balaban J connectivity index is 1.61. The van der Waals surface area contributed by atoms with Crippen LogP contribution in [0.25, 0.3) is 0 Å². The topological polar surface area (TPSA) is 93.9 Å². The number of methoxy groups -OCH3 is 1. The number of hydrogen-bond donors (Lipinski definition) is 2. The van der Waals surface area contributed by atoms with Gasteiger partial charge in [0.1, 0.15) is 5.75 Å². The van der Waals surface area contributed by atoms with E-state index in [0.29, 0.717) is 12.2 Å². The molecular weight excluding hydrogens is 447 g/mol. The summed E-state index contributed by atoms with van der Waals surface area (Å²) in [4.78, 5) is 20.7. The average Bonchev–Trinajstić information content (AvgIpc) is 3.11. The number of nitrogens with two attached hydrogens (primary N) is 2. The average molecular weight is 477 g/mol. The van der Waals surface area contributed by atoms with Crippen molar-refractivity contribution in [2.75, 3.05) is 17.7 Å². The third-order valence-electron chi connectivity index (χ3n) is 7.27. The van der Waals surface area contributed by atoms with Gasteiger partial charge in [-0.05, 0) is 72.6 Å². The minimum Gasteiger partial charge on any atom is -0.497 e. The Morgan fingerprint density at radius 2 is 1.94 bits per heavy atom. The van der Waals surface area contributed by atoms with E-state index in [-0.39, 0.29) is 5.91 Å². The second kappa shape index (κ2) is 9.57. The van der Waals surface area contributed by atoms with Gasteiger partial charge in [-0.2, -0.15) is 0 Å². The Kier molecular flexibility index (Phi) is 6.31. The van der Waals surface area contributed by atoms with E-state index in [1.54, 1.807) is 13.2 Å². The first-order valence-electron chi connectivity index (χ1n) is 12.2. The number of amides is 1. The molecule has 1 spiro atoms. The summed E-state index contributed by atoms with van der Waals surface area (Å²) in [5.41, 5.74) is 18.5. The van der Waals surface area contributed by atoms with Gasteiger partial charge >= 0.3 is 0 Å². The van der Waals surface area contributed by atoms with Crippen molar-refractivity contribution in [2.24, 2.45) is 10.7 Å². The lowest BCUT2D eigenvalue weighted by atomic mass is 9.63. The van der Waals surface area contributed by atoms with Gasteiger partial charge in [-0.3, -0.25) is 4.79 Å². The SMILES string of the molecule is C[B]c1cc(C(C=CN)=Nc2cccc(N)c2)cc2c1N(Cc1ccc(OC)cc1)C(=O)C21CCC1. The van der Waals surface area contributed by atoms with Crippen molar-refractivity contribution in [3.05, 3.63) is 89.6 Å². The number of benzene rings is 3. The normalized spacial score (nSPS) is 16.3. The third kappa shape index (κ3) is 4.04. The predicted octanol–water partition coefficient (Wildman–Crippen LogP) is 4.22. The molecule has 4 N–H and O–H groups in total. The maximum Gasteiger partial charge on any atom is 0.238 e. The van der Waals surface area contributed by atoms with Crippen molar-refractivity contribution in [2.45, 2.75) is 38.0 Å². The Hall–Kier alpha value is -4.00. The van der Waals surface area contributed by atoms with Crippen LogP contribution in [-0.4, -0.2) is 26.0 Å². The molecule has 3 aromatic rings. The fraction of sp³-hybridized carbons (Fsp3) is 0.241. The molecular formula is C29H30BN4O2. The smallest absolute Gasteiger partial charge is 0.238 e. The summed E-state index contributed by atoms with van der Waals surface area (Å²) < 4.78 is 5.30. The second-order valence-corrected chi connectivity index (χ2v) is 9.38. The van der Waals surface area contributed by atoms with Crippen LogP contribution in [0.5, 0.6) is 5.75 Å². The molecule has 0 bridgehead atoms. The van der Waals surface area contributed by atoms with Crippen molar-refractivity contribution >= 4 is 41.4 Å². The first-order valence-corrected chi connectivity index (χ1v) is 12.2. The zero-order chi connectivity index (χ0) is 25.3. The molecule has 1 aliphatic heterocycles. The van der Waals surface area contributed by atoms with Crippen LogP contribution in [0, 0.1) is 0 Å². The first kappa shape index (κ1) is 23.7. The quantitative estimate of drug-likeness (QED) is 0.303. The van der Waals surface area contributed by atoms with E-state index in [1.165, 1.54) is 6.20 Å². The zero-order valence-electron chi connectivity index (χ0n) is 20.7. The predicted molar refractivity (Wildman–Crippen MR) is 148 cm³/mol. The molecule has 1 fully saturated rings. The molecule has 7 heteroatoms. The molecule has 3 aromatic carbocycles. The highest BCUT2D eigenvalue weighted by atomic mass is 16.5. The van der Waals surface area contributed by atoms with Crippen LogP contribution in [0.4, 0.5) is 17.1 Å². The van der Waals surface area contributed by atoms with E-state index < -0.39 is 5.41 Å². The number of aliphatic imine (C=N–C) groups is 1. The minimum absolute atomic E-state index is 0.184. The van der Waals surface area contributed by atoms with Crippen LogP contribution in [0.15, 0.2) is 77.9 Å². The van der Waals surface area contributed by atoms with Gasteiger partial charge < -0.3 is 21.1 Å². The first-order chi connectivity index (χ1) is 17.5. The van der Waals surface area contributed by atoms with Crippen molar-refractivity contribution in [1.82, 2.24) is 0 Å². The van der Waals surface area contributed by atoms with Gasteiger partial charge in [-0.25, -0.2) is 4.99 Å². The molecule has 1 aliphatic carbocycles. The molecule has 0 aromatic heterocycles. The van der Waals surface area contributed by atoms with Gasteiger partial charge in [0.25, 0.3) is 0 Å². The number of fused-ring (bicyclic) bond motifs is 2. The maximum absolute atomic E-state index is 13.9. The highest BCUT2D eigenvalue weighted by molar-refractivity contribution is 6.55. The van der Waals surface area contributed by atoms with Crippen LogP contribution >= 0.6 is 0 Å². The van der Waals surface area contributed by atoms with E-state index in [0.717, 1.165) is 64.3 Å². The number of hydrogen-bond acceptors (Lipinski definition) is 5. The maximum atomic E-state index is 13.9. The summed E-state index contributed by atoms with van der Waals surface area (Å²) in [5, 5.41) is 0. The van der Waals surface area contributed by atoms with Gasteiger partial charge in [0.05, 0.1) is 30.5 Å². The summed E-state index contributed by atoms with van der Waals surface area (Å²) in [6.07, 6.45) is 6.06. The van der Waals surface area contributed by atoms with Gasteiger partial charge in [0.2, 0.25) is 5.91 Å². The lowest BCUT2D eigenvalue weighted by Crippen LogP contribution is -2.45. The van der Waals surface area contributed by atoms with Gasteiger partial charge in [0.15, 0.2) is 7.28 Å². The summed E-state index contributed by atoms with van der Waals surface area (Å²) >= 11 is 0. The second-order valence-electron chi connectivity index (χ2n) is 9.38. The Bertz CT molecular complexity index is 1360.